The Hall–Kier alpha value is -1.87. The Balaban J connectivity index is 2.11. The van der Waals surface area contributed by atoms with Gasteiger partial charge in [-0.15, -0.1) is 11.3 Å². The Labute approximate surface area is 117 Å². The number of para-hydroxylation sites is 1. The van der Waals surface area contributed by atoms with Crippen molar-refractivity contribution in [2.75, 3.05) is 5.32 Å². The van der Waals surface area contributed by atoms with E-state index in [0.717, 1.165) is 28.1 Å². The van der Waals surface area contributed by atoms with Crippen LogP contribution in [0.5, 0.6) is 0 Å². The number of nitrogens with one attached hydrogen (secondary N) is 1. The number of thiophene rings is 1. The van der Waals surface area contributed by atoms with Gasteiger partial charge in [0.25, 0.3) is 0 Å². The highest BCUT2D eigenvalue weighted by atomic mass is 32.1. The Morgan fingerprint density at radius 2 is 2.16 bits per heavy atom. The van der Waals surface area contributed by atoms with Gasteiger partial charge < -0.3 is 5.32 Å². The van der Waals surface area contributed by atoms with Gasteiger partial charge in [-0.1, -0.05) is 31.2 Å². The van der Waals surface area contributed by atoms with Crippen LogP contribution >= 0.6 is 11.3 Å². The largest absolute Gasteiger partial charge is 0.322 e. The van der Waals surface area contributed by atoms with Crippen LogP contribution in [0.2, 0.25) is 0 Å². The molecule has 0 unspecified atom stereocenters. The number of anilines is 1. The average Bonchev–Trinajstić information content (AvgIpc) is 2.92. The SMILES string of the molecule is CCc1cccc(C)c1NC(=O)C=Cc1cccs1. The maximum atomic E-state index is 11.9. The van der Waals surface area contributed by atoms with E-state index in [2.05, 4.69) is 12.2 Å². The molecule has 1 aromatic carbocycles. The smallest absolute Gasteiger partial charge is 0.248 e. The molecule has 19 heavy (non-hydrogen) atoms. The van der Waals surface area contributed by atoms with Gasteiger partial charge in [-0.2, -0.15) is 0 Å². The first kappa shape index (κ1) is 13.6. The van der Waals surface area contributed by atoms with Gasteiger partial charge in [0.05, 0.1) is 0 Å². The molecule has 2 nitrogen and oxygen atoms in total. The second-order valence-corrected chi connectivity index (χ2v) is 5.28. The predicted molar refractivity (Wildman–Crippen MR) is 82.5 cm³/mol. The lowest BCUT2D eigenvalue weighted by atomic mass is 10.1. The van der Waals surface area contributed by atoms with Crippen molar-refractivity contribution in [3.05, 3.63) is 57.8 Å². The fourth-order valence-corrected chi connectivity index (χ4v) is 2.53. The van der Waals surface area contributed by atoms with E-state index >= 15 is 0 Å². The second-order valence-electron chi connectivity index (χ2n) is 4.30. The van der Waals surface area contributed by atoms with Crippen LogP contribution in [-0.2, 0) is 11.2 Å². The molecular weight excluding hydrogens is 254 g/mol. The highest BCUT2D eigenvalue weighted by molar-refractivity contribution is 7.10. The molecule has 2 aromatic rings. The Kier molecular flexibility index (Phi) is 4.53. The monoisotopic (exact) mass is 271 g/mol. The highest BCUT2D eigenvalue weighted by Crippen LogP contribution is 2.21. The molecular formula is C16H17NOS. The lowest BCUT2D eigenvalue weighted by Crippen LogP contribution is -2.10. The maximum absolute atomic E-state index is 11.9. The van der Waals surface area contributed by atoms with E-state index in [-0.39, 0.29) is 5.91 Å². The van der Waals surface area contributed by atoms with Gasteiger partial charge >= 0.3 is 0 Å². The molecule has 0 radical (unpaired) electrons. The quantitative estimate of drug-likeness (QED) is 0.827. The van der Waals surface area contributed by atoms with Gasteiger partial charge in [-0.05, 0) is 42.0 Å². The van der Waals surface area contributed by atoms with Crippen LogP contribution in [0.1, 0.15) is 22.9 Å². The van der Waals surface area contributed by atoms with E-state index in [1.807, 2.05) is 48.7 Å². The zero-order valence-electron chi connectivity index (χ0n) is 11.1. The summed E-state index contributed by atoms with van der Waals surface area (Å²) in [6.07, 6.45) is 4.33. The molecule has 0 spiro atoms. The van der Waals surface area contributed by atoms with E-state index in [0.29, 0.717) is 0 Å². The number of carbonyl (C=O) groups excluding carboxylic acids is 1. The minimum atomic E-state index is -0.0857. The van der Waals surface area contributed by atoms with Crippen LogP contribution in [0, 0.1) is 6.92 Å². The van der Waals surface area contributed by atoms with E-state index in [9.17, 15) is 4.79 Å². The van der Waals surface area contributed by atoms with Gasteiger partial charge in [-0.25, -0.2) is 0 Å². The number of carbonyl (C=O) groups is 1. The van der Waals surface area contributed by atoms with Crippen molar-refractivity contribution >= 4 is 29.0 Å². The average molecular weight is 271 g/mol. The van der Waals surface area contributed by atoms with Crippen molar-refractivity contribution in [2.24, 2.45) is 0 Å². The van der Waals surface area contributed by atoms with Crippen molar-refractivity contribution < 1.29 is 4.79 Å². The van der Waals surface area contributed by atoms with Crippen LogP contribution in [0.3, 0.4) is 0 Å². The summed E-state index contributed by atoms with van der Waals surface area (Å²) in [4.78, 5) is 13.0. The highest BCUT2D eigenvalue weighted by Gasteiger charge is 2.06. The van der Waals surface area contributed by atoms with Crippen LogP contribution in [0.15, 0.2) is 41.8 Å². The van der Waals surface area contributed by atoms with Crippen LogP contribution < -0.4 is 5.32 Å². The first-order valence-corrected chi connectivity index (χ1v) is 7.19. The third-order valence-corrected chi connectivity index (χ3v) is 3.77. The molecule has 1 amide bonds. The first-order chi connectivity index (χ1) is 9.20. The van der Waals surface area contributed by atoms with Gasteiger partial charge in [0.2, 0.25) is 5.91 Å². The lowest BCUT2D eigenvalue weighted by Gasteiger charge is -2.11. The third-order valence-electron chi connectivity index (χ3n) is 2.93. The van der Waals surface area contributed by atoms with Crippen molar-refractivity contribution in [3.8, 4) is 0 Å². The topological polar surface area (TPSA) is 29.1 Å². The number of hydrogen-bond acceptors (Lipinski definition) is 2. The number of rotatable bonds is 4. The Bertz CT molecular complexity index is 585. The van der Waals surface area contributed by atoms with Crippen LogP contribution in [0.4, 0.5) is 5.69 Å². The molecule has 1 aromatic heterocycles. The summed E-state index contributed by atoms with van der Waals surface area (Å²) >= 11 is 1.62. The molecule has 0 aliphatic carbocycles. The van der Waals surface area contributed by atoms with Gasteiger partial charge in [0, 0.05) is 16.6 Å². The molecule has 1 heterocycles. The van der Waals surface area contributed by atoms with Crippen molar-refractivity contribution in [1.29, 1.82) is 0 Å². The van der Waals surface area contributed by atoms with Crippen molar-refractivity contribution in [2.45, 2.75) is 20.3 Å². The molecule has 0 saturated heterocycles. The number of amides is 1. The molecule has 0 atom stereocenters. The van der Waals surface area contributed by atoms with Crippen molar-refractivity contribution in [3.63, 3.8) is 0 Å². The van der Waals surface area contributed by atoms with E-state index in [1.165, 1.54) is 0 Å². The zero-order valence-corrected chi connectivity index (χ0v) is 12.0. The number of benzene rings is 1. The van der Waals surface area contributed by atoms with Crippen LogP contribution in [0.25, 0.3) is 6.08 Å². The second kappa shape index (κ2) is 6.34. The molecule has 98 valence electrons. The van der Waals surface area contributed by atoms with Gasteiger partial charge in [0.15, 0.2) is 0 Å². The summed E-state index contributed by atoms with van der Waals surface area (Å²) in [7, 11) is 0. The predicted octanol–water partition coefficient (Wildman–Crippen LogP) is 4.27. The van der Waals surface area contributed by atoms with Crippen molar-refractivity contribution in [1.82, 2.24) is 0 Å². The summed E-state index contributed by atoms with van der Waals surface area (Å²) in [5, 5.41) is 4.97. The van der Waals surface area contributed by atoms with Gasteiger partial charge in [-0.3, -0.25) is 4.79 Å². The Morgan fingerprint density at radius 1 is 1.32 bits per heavy atom. The number of aryl methyl sites for hydroxylation is 2. The van der Waals surface area contributed by atoms with E-state index in [1.54, 1.807) is 17.4 Å². The molecule has 0 aliphatic rings. The maximum Gasteiger partial charge on any atom is 0.248 e. The third kappa shape index (κ3) is 3.55. The van der Waals surface area contributed by atoms with Gasteiger partial charge in [0.1, 0.15) is 0 Å². The van der Waals surface area contributed by atoms with Crippen LogP contribution in [-0.4, -0.2) is 5.91 Å². The summed E-state index contributed by atoms with van der Waals surface area (Å²) in [6.45, 7) is 4.10. The molecule has 1 N–H and O–H groups in total. The molecule has 2 rings (SSSR count). The molecule has 3 heteroatoms. The molecule has 0 fully saturated rings. The van der Waals surface area contributed by atoms with E-state index < -0.39 is 0 Å². The van der Waals surface area contributed by atoms with E-state index in [4.69, 9.17) is 0 Å². The molecule has 0 bridgehead atoms. The summed E-state index contributed by atoms with van der Waals surface area (Å²) < 4.78 is 0. The zero-order chi connectivity index (χ0) is 13.7. The summed E-state index contributed by atoms with van der Waals surface area (Å²) in [6, 6.07) is 10.0. The first-order valence-electron chi connectivity index (χ1n) is 6.31. The number of hydrogen-bond donors (Lipinski definition) is 1. The fraction of sp³-hybridized carbons (Fsp3) is 0.188. The molecule has 0 saturated carbocycles. The summed E-state index contributed by atoms with van der Waals surface area (Å²) in [5.41, 5.74) is 3.20. The molecule has 0 aliphatic heterocycles. The fourth-order valence-electron chi connectivity index (χ4n) is 1.91. The Morgan fingerprint density at radius 3 is 2.84 bits per heavy atom. The standard InChI is InChI=1S/C16H17NOS/c1-3-13-7-4-6-12(2)16(13)17-15(18)10-9-14-8-5-11-19-14/h4-11H,3H2,1-2H3,(H,17,18). The lowest BCUT2D eigenvalue weighted by molar-refractivity contribution is -0.111. The minimum Gasteiger partial charge on any atom is -0.322 e. The normalized spacial score (nSPS) is 10.8. The minimum absolute atomic E-state index is 0.0857. The summed E-state index contributed by atoms with van der Waals surface area (Å²) in [5.74, 6) is -0.0857.